The van der Waals surface area contributed by atoms with Gasteiger partial charge in [0.05, 0.1) is 33.5 Å². The molecule has 1 saturated heterocycles. The maximum atomic E-state index is 12.8. The van der Waals surface area contributed by atoms with Gasteiger partial charge in [-0.3, -0.25) is 9.93 Å². The van der Waals surface area contributed by atoms with Crippen molar-refractivity contribution in [1.82, 2.24) is 24.5 Å². The molecule has 0 aliphatic carbocycles. The maximum Gasteiger partial charge on any atom is 0.273 e. The Kier molecular flexibility index (Phi) is 7.61. The first-order valence-electron chi connectivity index (χ1n) is 9.34. The van der Waals surface area contributed by atoms with E-state index in [0.29, 0.717) is 10.6 Å². The van der Waals surface area contributed by atoms with Gasteiger partial charge in [-0.1, -0.05) is 12.1 Å². The number of nitrogen functional groups attached to an aromatic ring is 1. The zero-order valence-corrected chi connectivity index (χ0v) is 18.2. The second-order valence-corrected chi connectivity index (χ2v) is 9.49. The summed E-state index contributed by atoms with van der Waals surface area (Å²) in [6.45, 7) is 3.42. The molecule has 2 aromatic rings. The number of hydrogen-bond acceptors (Lipinski definition) is 7. The van der Waals surface area contributed by atoms with E-state index in [1.807, 2.05) is 4.31 Å². The summed E-state index contributed by atoms with van der Waals surface area (Å²) in [5, 5.41) is 7.75. The van der Waals surface area contributed by atoms with Crippen LogP contribution in [-0.2, 0) is 22.0 Å². The number of nitrogens with zero attached hydrogens (tertiary/aromatic N) is 4. The Morgan fingerprint density at radius 3 is 2.47 bits per heavy atom. The average Bonchev–Trinajstić information content (AvgIpc) is 2.74. The van der Waals surface area contributed by atoms with E-state index in [9.17, 15) is 13.2 Å². The molecule has 2 unspecified atom stereocenters. The van der Waals surface area contributed by atoms with Crippen LogP contribution in [0.4, 0.5) is 5.82 Å². The number of amides is 1. The van der Waals surface area contributed by atoms with Crippen molar-refractivity contribution in [3.63, 3.8) is 0 Å². The van der Waals surface area contributed by atoms with Crippen molar-refractivity contribution >= 4 is 33.7 Å². The molecule has 5 N–H and O–H groups in total. The third kappa shape index (κ3) is 5.67. The first-order chi connectivity index (χ1) is 14.3. The molecule has 0 saturated carbocycles. The Balaban J connectivity index is 1.72. The zero-order chi connectivity index (χ0) is 21.7. The van der Waals surface area contributed by atoms with Gasteiger partial charge in [0, 0.05) is 38.3 Å². The Bertz CT molecular complexity index is 947. The first kappa shape index (κ1) is 22.4. The molecule has 2 atom stereocenters. The number of benzene rings is 1. The maximum absolute atomic E-state index is 12.8. The fourth-order valence-electron chi connectivity index (χ4n) is 2.90. The lowest BCUT2D eigenvalue weighted by Gasteiger charge is -2.31. The molecule has 0 bridgehead atoms. The number of carbonyl (C=O) groups is 1. The van der Waals surface area contributed by atoms with Gasteiger partial charge >= 0.3 is 0 Å². The van der Waals surface area contributed by atoms with Gasteiger partial charge in [0.1, 0.15) is 11.0 Å². The third-order valence-corrected chi connectivity index (χ3v) is 6.77. The average molecular weight is 452 g/mol. The highest BCUT2D eigenvalue weighted by Crippen LogP contribution is 2.21. The molecule has 12 heteroatoms. The van der Waals surface area contributed by atoms with Gasteiger partial charge in [-0.25, -0.2) is 22.7 Å². The van der Waals surface area contributed by atoms with Crippen LogP contribution in [0.1, 0.15) is 10.5 Å². The van der Waals surface area contributed by atoms with Crippen molar-refractivity contribution in [2.75, 3.05) is 51.3 Å². The number of piperazine rings is 1. The summed E-state index contributed by atoms with van der Waals surface area (Å²) < 4.78 is 25.7. The van der Waals surface area contributed by atoms with Crippen LogP contribution < -0.4 is 16.2 Å². The molecule has 3 rings (SSSR count). The summed E-state index contributed by atoms with van der Waals surface area (Å²) in [6, 6.07) is 7.17. The van der Waals surface area contributed by atoms with Crippen molar-refractivity contribution in [3.8, 4) is 11.3 Å². The number of anilines is 1. The summed E-state index contributed by atoms with van der Waals surface area (Å²) in [7, 11) is -0.670. The van der Waals surface area contributed by atoms with E-state index in [0.717, 1.165) is 31.7 Å². The monoisotopic (exact) mass is 451 g/mol. The fourth-order valence-corrected chi connectivity index (χ4v) is 4.36. The van der Waals surface area contributed by atoms with Crippen molar-refractivity contribution in [2.24, 2.45) is 5.14 Å². The van der Waals surface area contributed by atoms with E-state index < -0.39 is 27.9 Å². The number of rotatable bonds is 7. The molecular formula is C18H25N7O3S2. The molecule has 30 heavy (non-hydrogen) atoms. The van der Waals surface area contributed by atoms with Crippen molar-refractivity contribution in [3.05, 3.63) is 36.2 Å². The van der Waals surface area contributed by atoms with Crippen LogP contribution in [-0.4, -0.2) is 79.0 Å². The minimum Gasteiger partial charge on any atom is -0.382 e. The van der Waals surface area contributed by atoms with Crippen molar-refractivity contribution < 1.29 is 13.2 Å². The number of aromatic nitrogens is 2. The van der Waals surface area contributed by atoms with Crippen molar-refractivity contribution in [2.45, 2.75) is 4.90 Å². The molecule has 1 fully saturated rings. The lowest BCUT2D eigenvalue weighted by Crippen LogP contribution is -2.45. The van der Waals surface area contributed by atoms with Gasteiger partial charge in [0.2, 0.25) is 0 Å². The molecule has 162 valence electrons. The highest BCUT2D eigenvalue weighted by molar-refractivity contribution is 7.82. The Morgan fingerprint density at radius 2 is 1.83 bits per heavy atom. The van der Waals surface area contributed by atoms with Crippen LogP contribution in [0, 0.1) is 0 Å². The van der Waals surface area contributed by atoms with E-state index in [1.165, 1.54) is 6.20 Å². The second-order valence-electron chi connectivity index (χ2n) is 6.84. The molecule has 0 spiro atoms. The van der Waals surface area contributed by atoms with Crippen LogP contribution in [0.3, 0.4) is 0 Å². The number of nitrogens with one attached hydrogen (secondary N) is 1. The zero-order valence-electron chi connectivity index (χ0n) is 16.6. The van der Waals surface area contributed by atoms with E-state index in [2.05, 4.69) is 27.2 Å². The number of hydrogen-bond donors (Lipinski definition) is 3. The predicted molar refractivity (Wildman–Crippen MR) is 117 cm³/mol. The fraction of sp³-hybridized carbons (Fsp3) is 0.389. The minimum absolute atomic E-state index is 0.00193. The normalized spacial score (nSPS) is 17.4. The van der Waals surface area contributed by atoms with E-state index in [1.54, 1.807) is 24.3 Å². The summed E-state index contributed by atoms with van der Waals surface area (Å²) in [6.07, 6.45) is 1.48. The highest BCUT2D eigenvalue weighted by Gasteiger charge is 2.20. The second kappa shape index (κ2) is 10.2. The van der Waals surface area contributed by atoms with Crippen LogP contribution in [0.2, 0.25) is 0 Å². The van der Waals surface area contributed by atoms with E-state index in [-0.39, 0.29) is 23.8 Å². The van der Waals surface area contributed by atoms with Gasteiger partial charge in [-0.15, -0.1) is 0 Å². The van der Waals surface area contributed by atoms with Crippen LogP contribution >= 0.6 is 0 Å². The van der Waals surface area contributed by atoms with Crippen LogP contribution in [0.5, 0.6) is 0 Å². The SMILES string of the molecule is CN1CCN(S(=O)c2ccc(-c3cnc(N)c(C(=O)NCCS(N)=O)n3)cc2)CC1. The molecule has 2 heterocycles. The highest BCUT2D eigenvalue weighted by atomic mass is 32.2. The third-order valence-electron chi connectivity index (χ3n) is 4.65. The van der Waals surface area contributed by atoms with Gasteiger partial charge in [-0.2, -0.15) is 0 Å². The standard InChI is InChI=1S/C18H25N7O3S2/c1-24-7-9-25(10-8-24)30(28)14-4-2-13(3-5-14)15-12-22-17(19)16(23-15)18(26)21-6-11-29(20)27/h2-5,12H,6-11,20H2,1H3,(H2,19,22)(H,21,26). The van der Waals surface area contributed by atoms with E-state index in [4.69, 9.17) is 10.9 Å². The van der Waals surface area contributed by atoms with Gasteiger partial charge in [-0.05, 0) is 19.2 Å². The van der Waals surface area contributed by atoms with Crippen molar-refractivity contribution in [1.29, 1.82) is 0 Å². The Morgan fingerprint density at radius 1 is 1.17 bits per heavy atom. The van der Waals surface area contributed by atoms with Gasteiger partial charge < -0.3 is 16.0 Å². The van der Waals surface area contributed by atoms with Crippen LogP contribution in [0.25, 0.3) is 11.3 Å². The number of carbonyl (C=O) groups excluding carboxylic acids is 1. The quantitative estimate of drug-likeness (QED) is 0.506. The summed E-state index contributed by atoms with van der Waals surface area (Å²) in [5.74, 6) is -0.386. The summed E-state index contributed by atoms with van der Waals surface area (Å²) >= 11 is 0. The molecule has 10 nitrogen and oxygen atoms in total. The predicted octanol–water partition coefficient (Wildman–Crippen LogP) is -0.652. The van der Waals surface area contributed by atoms with E-state index >= 15 is 0 Å². The van der Waals surface area contributed by atoms with Crippen LogP contribution in [0.15, 0.2) is 35.4 Å². The molecular weight excluding hydrogens is 426 g/mol. The molecule has 1 aliphatic heterocycles. The summed E-state index contributed by atoms with van der Waals surface area (Å²) in [5.41, 5.74) is 6.96. The van der Waals surface area contributed by atoms with Gasteiger partial charge in [0.15, 0.2) is 11.5 Å². The number of likely N-dealkylation sites (N-methyl/N-ethyl adjacent to an activating group) is 1. The topological polar surface area (TPSA) is 148 Å². The molecule has 1 aromatic carbocycles. The lowest BCUT2D eigenvalue weighted by molar-refractivity contribution is 0.0952. The molecule has 0 radical (unpaired) electrons. The lowest BCUT2D eigenvalue weighted by atomic mass is 10.1. The molecule has 1 amide bonds. The number of nitrogens with two attached hydrogens (primary N) is 2. The largest absolute Gasteiger partial charge is 0.382 e. The summed E-state index contributed by atoms with van der Waals surface area (Å²) in [4.78, 5) is 23.6. The minimum atomic E-state index is -1.50. The molecule has 1 aliphatic rings. The molecule has 1 aromatic heterocycles. The smallest absolute Gasteiger partial charge is 0.273 e. The Labute approximate surface area is 180 Å². The van der Waals surface area contributed by atoms with Gasteiger partial charge in [0.25, 0.3) is 5.91 Å². The first-order valence-corrected chi connectivity index (χ1v) is 11.8. The Hall–Kier alpha value is -2.25.